The van der Waals surface area contributed by atoms with Crippen molar-refractivity contribution in [1.82, 2.24) is 10.2 Å². The van der Waals surface area contributed by atoms with Gasteiger partial charge < -0.3 is 29.5 Å². The zero-order valence-electron chi connectivity index (χ0n) is 19.7. The maximum absolute atomic E-state index is 13.2. The minimum Gasteiger partial charge on any atom is -0.431 e. The van der Waals surface area contributed by atoms with E-state index < -0.39 is 30.4 Å². The SMILES string of the molecule is CC(OC(=O)OC1CCCCC1)OC(=O)C1=C(SC2CNC(=O)C2)[C@H](C)[C@@H]2[C@@H]([C@@H](C)O)C(=O)N12. The molecule has 11 heteroatoms. The van der Waals surface area contributed by atoms with Crippen LogP contribution < -0.4 is 5.32 Å². The van der Waals surface area contributed by atoms with Crippen LogP contribution in [-0.4, -0.2) is 70.3 Å². The summed E-state index contributed by atoms with van der Waals surface area (Å²) < 4.78 is 15.8. The van der Waals surface area contributed by atoms with E-state index in [4.69, 9.17) is 14.2 Å². The Bertz CT molecular complexity index is 884. The minimum atomic E-state index is -1.21. The lowest BCUT2D eigenvalue weighted by molar-refractivity contribution is -0.174. The predicted molar refractivity (Wildman–Crippen MR) is 121 cm³/mol. The number of β-lactam (4-membered cyclic amide) rings is 1. The van der Waals surface area contributed by atoms with Crippen LogP contribution in [0.2, 0.25) is 0 Å². The molecule has 4 aliphatic rings. The van der Waals surface area contributed by atoms with E-state index in [0.29, 0.717) is 17.9 Å². The van der Waals surface area contributed by atoms with Gasteiger partial charge in [-0.05, 0) is 32.6 Å². The Morgan fingerprint density at radius 1 is 1.15 bits per heavy atom. The molecular weight excluding hydrogens is 464 g/mol. The molecule has 3 aliphatic heterocycles. The van der Waals surface area contributed by atoms with Gasteiger partial charge >= 0.3 is 12.1 Å². The molecule has 0 aromatic rings. The quantitative estimate of drug-likeness (QED) is 0.309. The van der Waals surface area contributed by atoms with Gasteiger partial charge in [0, 0.05) is 36.0 Å². The number of fused-ring (bicyclic) bond motifs is 1. The first kappa shape index (κ1) is 24.8. The van der Waals surface area contributed by atoms with Crippen molar-refractivity contribution in [3.05, 3.63) is 10.6 Å². The summed E-state index contributed by atoms with van der Waals surface area (Å²) in [7, 11) is 0. The second-order valence-corrected chi connectivity index (χ2v) is 10.8. The molecule has 2 saturated heterocycles. The summed E-state index contributed by atoms with van der Waals surface area (Å²) in [6, 6.07) is -0.366. The van der Waals surface area contributed by atoms with Crippen molar-refractivity contribution >= 4 is 35.7 Å². The van der Waals surface area contributed by atoms with Crippen LogP contribution in [0.25, 0.3) is 0 Å². The lowest BCUT2D eigenvalue weighted by atomic mass is 9.79. The van der Waals surface area contributed by atoms with Gasteiger partial charge in [0.2, 0.25) is 18.1 Å². The molecule has 10 nitrogen and oxygen atoms in total. The smallest absolute Gasteiger partial charge is 0.431 e. The van der Waals surface area contributed by atoms with Crippen LogP contribution in [0.3, 0.4) is 0 Å². The number of nitrogens with one attached hydrogen (secondary N) is 1. The van der Waals surface area contributed by atoms with Crippen LogP contribution in [0.5, 0.6) is 0 Å². The first-order valence-corrected chi connectivity index (χ1v) is 12.8. The first-order valence-electron chi connectivity index (χ1n) is 11.9. The molecule has 188 valence electrons. The molecule has 1 saturated carbocycles. The van der Waals surface area contributed by atoms with Gasteiger partial charge in [-0.15, -0.1) is 11.8 Å². The van der Waals surface area contributed by atoms with Crippen molar-refractivity contribution in [2.75, 3.05) is 6.54 Å². The second kappa shape index (κ2) is 10.2. The summed E-state index contributed by atoms with van der Waals surface area (Å²) in [6.45, 7) is 5.34. The number of carbonyl (C=O) groups is 4. The van der Waals surface area contributed by atoms with E-state index in [1.54, 1.807) is 6.92 Å². The fourth-order valence-electron chi connectivity index (χ4n) is 5.22. The highest BCUT2D eigenvalue weighted by Gasteiger charge is 2.60. The highest BCUT2D eigenvalue weighted by atomic mass is 32.2. The Balaban J connectivity index is 1.45. The van der Waals surface area contributed by atoms with Crippen molar-refractivity contribution < 1.29 is 38.5 Å². The molecule has 3 fully saturated rings. The third-order valence-electron chi connectivity index (χ3n) is 6.89. The Labute approximate surface area is 202 Å². The molecule has 1 aliphatic carbocycles. The number of hydrogen-bond donors (Lipinski definition) is 2. The zero-order valence-corrected chi connectivity index (χ0v) is 20.5. The van der Waals surface area contributed by atoms with Crippen LogP contribution in [-0.2, 0) is 28.6 Å². The fourth-order valence-corrected chi connectivity index (χ4v) is 6.63. The van der Waals surface area contributed by atoms with Crippen molar-refractivity contribution in [3.8, 4) is 0 Å². The number of amides is 2. The monoisotopic (exact) mass is 496 g/mol. The summed E-state index contributed by atoms with van der Waals surface area (Å²) in [5.74, 6) is -2.02. The minimum absolute atomic E-state index is 0.0624. The van der Waals surface area contributed by atoms with E-state index in [0.717, 1.165) is 32.1 Å². The van der Waals surface area contributed by atoms with Gasteiger partial charge in [0.15, 0.2) is 0 Å². The van der Waals surface area contributed by atoms with Crippen molar-refractivity contribution in [2.24, 2.45) is 11.8 Å². The highest BCUT2D eigenvalue weighted by Crippen LogP contribution is 2.52. The number of hydrogen-bond acceptors (Lipinski definition) is 9. The third-order valence-corrected chi connectivity index (χ3v) is 8.37. The average molecular weight is 497 g/mol. The number of aliphatic hydroxyl groups is 1. The van der Waals surface area contributed by atoms with E-state index in [-0.39, 0.29) is 40.8 Å². The maximum Gasteiger partial charge on any atom is 0.511 e. The fraction of sp³-hybridized carbons (Fsp3) is 0.739. The summed E-state index contributed by atoms with van der Waals surface area (Å²) in [5, 5.41) is 12.8. The molecule has 0 spiro atoms. The number of aliphatic hydroxyl groups excluding tert-OH is 1. The van der Waals surface area contributed by atoms with Crippen LogP contribution in [0.4, 0.5) is 4.79 Å². The van der Waals surface area contributed by atoms with Crippen molar-refractivity contribution in [2.45, 2.75) is 89.1 Å². The molecule has 3 heterocycles. The molecule has 4 rings (SSSR count). The molecule has 2 amide bonds. The topological polar surface area (TPSA) is 131 Å². The Kier molecular flexibility index (Phi) is 7.42. The van der Waals surface area contributed by atoms with Crippen molar-refractivity contribution in [3.63, 3.8) is 0 Å². The summed E-state index contributed by atoms with van der Waals surface area (Å²) in [4.78, 5) is 51.8. The molecule has 0 bridgehead atoms. The Hall–Kier alpha value is -2.27. The molecule has 6 atom stereocenters. The van der Waals surface area contributed by atoms with Crippen molar-refractivity contribution in [1.29, 1.82) is 0 Å². The van der Waals surface area contributed by atoms with E-state index in [9.17, 15) is 24.3 Å². The molecule has 2 N–H and O–H groups in total. The van der Waals surface area contributed by atoms with Crippen LogP contribution in [0.15, 0.2) is 10.6 Å². The number of nitrogens with zero attached hydrogens (tertiary/aromatic N) is 1. The van der Waals surface area contributed by atoms with E-state index in [1.807, 2.05) is 6.92 Å². The number of thioether (sulfide) groups is 1. The van der Waals surface area contributed by atoms with Gasteiger partial charge in [0.25, 0.3) is 0 Å². The number of rotatable bonds is 7. The number of esters is 1. The van der Waals surface area contributed by atoms with Gasteiger partial charge in [-0.1, -0.05) is 13.3 Å². The predicted octanol–water partition coefficient (Wildman–Crippen LogP) is 2.05. The summed E-state index contributed by atoms with van der Waals surface area (Å²) >= 11 is 1.38. The maximum atomic E-state index is 13.2. The van der Waals surface area contributed by atoms with Gasteiger partial charge in [0.05, 0.1) is 18.1 Å². The zero-order chi connectivity index (χ0) is 24.6. The molecule has 0 aromatic carbocycles. The van der Waals surface area contributed by atoms with E-state index in [2.05, 4.69) is 5.32 Å². The van der Waals surface area contributed by atoms with Gasteiger partial charge in [-0.3, -0.25) is 9.59 Å². The summed E-state index contributed by atoms with van der Waals surface area (Å²) in [6.07, 6.45) is 1.85. The number of carbonyl (C=O) groups excluding carboxylic acids is 4. The average Bonchev–Trinajstić information content (AvgIpc) is 3.27. The molecule has 0 radical (unpaired) electrons. The Morgan fingerprint density at radius 2 is 1.85 bits per heavy atom. The van der Waals surface area contributed by atoms with Gasteiger partial charge in [-0.25, -0.2) is 9.59 Å². The van der Waals surface area contributed by atoms with E-state index >= 15 is 0 Å². The molecule has 34 heavy (non-hydrogen) atoms. The second-order valence-electron chi connectivity index (χ2n) is 9.43. The molecular formula is C23H32N2O8S. The number of ether oxygens (including phenoxy) is 3. The first-order chi connectivity index (χ1) is 16.2. The van der Waals surface area contributed by atoms with Gasteiger partial charge in [0.1, 0.15) is 11.8 Å². The van der Waals surface area contributed by atoms with E-state index in [1.165, 1.54) is 23.6 Å². The van der Waals surface area contributed by atoms with Crippen LogP contribution in [0, 0.1) is 11.8 Å². The molecule has 0 aromatic heterocycles. The van der Waals surface area contributed by atoms with Gasteiger partial charge in [-0.2, -0.15) is 0 Å². The van der Waals surface area contributed by atoms with Crippen LogP contribution >= 0.6 is 11.8 Å². The lowest BCUT2D eigenvalue weighted by Crippen LogP contribution is -2.63. The Morgan fingerprint density at radius 3 is 2.47 bits per heavy atom. The van der Waals surface area contributed by atoms with Crippen LogP contribution in [0.1, 0.15) is 59.3 Å². The third kappa shape index (κ3) is 4.91. The standard InChI is InChI=1S/C23H32N2O8S/c1-11-18-17(12(2)26)21(28)25(18)19(20(11)34-15-9-16(27)24-10-15)22(29)31-13(3)32-23(30)33-14-7-5-4-6-8-14/h11-15,17-18,26H,4-10H2,1-3H3,(H,24,27)/t11-,12-,13?,15?,17-,18-/m1/s1. The largest absolute Gasteiger partial charge is 0.511 e. The lowest BCUT2D eigenvalue weighted by Gasteiger charge is -2.46. The highest BCUT2D eigenvalue weighted by molar-refractivity contribution is 8.03. The summed E-state index contributed by atoms with van der Waals surface area (Å²) in [5.41, 5.74) is 0.0971. The molecule has 2 unspecified atom stereocenters. The normalized spacial score (nSPS) is 30.9.